The Kier molecular flexibility index (Phi) is 3.63. The minimum absolute atomic E-state index is 0.0335. The summed E-state index contributed by atoms with van der Waals surface area (Å²) in [4.78, 5) is 14.4. The van der Waals surface area contributed by atoms with Gasteiger partial charge in [0.25, 0.3) is 0 Å². The van der Waals surface area contributed by atoms with Crippen LogP contribution >= 0.6 is 0 Å². The third kappa shape index (κ3) is 2.63. The van der Waals surface area contributed by atoms with Crippen molar-refractivity contribution in [3.8, 4) is 6.07 Å². The molecule has 0 unspecified atom stereocenters. The monoisotopic (exact) mass is 250 g/mol. The molecule has 94 valence electrons. The number of rotatable bonds is 3. The molecule has 0 aromatic heterocycles. The van der Waals surface area contributed by atoms with Crippen LogP contribution in [-0.2, 0) is 0 Å². The zero-order valence-corrected chi connectivity index (χ0v) is 10.9. The molecule has 0 N–H and O–H groups in total. The number of carbonyl (C=O) groups excluding carboxylic acids is 1. The van der Waals surface area contributed by atoms with Gasteiger partial charge in [0.1, 0.15) is 0 Å². The van der Waals surface area contributed by atoms with Gasteiger partial charge in [0, 0.05) is 30.9 Å². The van der Waals surface area contributed by atoms with Crippen LogP contribution in [0.3, 0.4) is 0 Å². The van der Waals surface area contributed by atoms with Gasteiger partial charge in [-0.15, -0.1) is 0 Å². The van der Waals surface area contributed by atoms with E-state index in [4.69, 9.17) is 5.26 Å². The number of hydrogen-bond donors (Lipinski definition) is 0. The average molecular weight is 250 g/mol. The van der Waals surface area contributed by atoms with E-state index >= 15 is 0 Å². The first kappa shape index (κ1) is 12.8. The van der Waals surface area contributed by atoms with Crippen molar-refractivity contribution < 1.29 is 4.79 Å². The Balaban J connectivity index is 2.41. The highest BCUT2D eigenvalue weighted by atomic mass is 16.1. The van der Waals surface area contributed by atoms with E-state index in [1.807, 2.05) is 49.3 Å². The minimum atomic E-state index is -0.0335. The van der Waals surface area contributed by atoms with Crippen molar-refractivity contribution in [1.82, 2.24) is 0 Å². The molecule has 0 saturated heterocycles. The molecule has 0 aliphatic carbocycles. The van der Waals surface area contributed by atoms with Crippen LogP contribution in [0.4, 0.5) is 5.69 Å². The number of benzene rings is 2. The summed E-state index contributed by atoms with van der Waals surface area (Å²) in [6, 6.07) is 16.2. The van der Waals surface area contributed by atoms with Crippen molar-refractivity contribution in [2.75, 3.05) is 19.0 Å². The Morgan fingerprint density at radius 3 is 2.26 bits per heavy atom. The second-order valence-corrected chi connectivity index (χ2v) is 4.43. The van der Waals surface area contributed by atoms with Crippen LogP contribution in [0.5, 0.6) is 0 Å². The second-order valence-electron chi connectivity index (χ2n) is 4.43. The molecule has 2 aromatic carbocycles. The summed E-state index contributed by atoms with van der Waals surface area (Å²) in [7, 11) is 3.82. The van der Waals surface area contributed by atoms with E-state index in [1.54, 1.807) is 24.3 Å². The predicted octanol–water partition coefficient (Wildman–Crippen LogP) is 2.86. The molecule has 0 radical (unpaired) electrons. The maximum absolute atomic E-state index is 12.5. The van der Waals surface area contributed by atoms with E-state index in [1.165, 1.54) is 0 Å². The first-order chi connectivity index (χ1) is 9.13. The Morgan fingerprint density at radius 1 is 1.05 bits per heavy atom. The quantitative estimate of drug-likeness (QED) is 0.787. The number of ketones is 1. The first-order valence-corrected chi connectivity index (χ1v) is 5.94. The highest BCUT2D eigenvalue weighted by Crippen LogP contribution is 2.21. The number of carbonyl (C=O) groups is 1. The lowest BCUT2D eigenvalue weighted by Gasteiger charge is -2.16. The normalized spacial score (nSPS) is 9.74. The number of anilines is 1. The summed E-state index contributed by atoms with van der Waals surface area (Å²) in [6.07, 6.45) is 0. The van der Waals surface area contributed by atoms with E-state index in [9.17, 15) is 4.79 Å². The van der Waals surface area contributed by atoms with Crippen molar-refractivity contribution >= 4 is 11.5 Å². The van der Waals surface area contributed by atoms with Gasteiger partial charge < -0.3 is 4.90 Å². The Labute approximate surface area is 112 Å². The van der Waals surface area contributed by atoms with Gasteiger partial charge in [0.2, 0.25) is 0 Å². The van der Waals surface area contributed by atoms with Crippen molar-refractivity contribution in [3.05, 3.63) is 65.2 Å². The summed E-state index contributed by atoms with van der Waals surface area (Å²) in [6.45, 7) is 0. The smallest absolute Gasteiger partial charge is 0.195 e. The van der Waals surface area contributed by atoms with Gasteiger partial charge in [-0.3, -0.25) is 4.79 Å². The molecule has 0 atom stereocenters. The fourth-order valence-corrected chi connectivity index (χ4v) is 1.91. The Hall–Kier alpha value is -2.60. The summed E-state index contributed by atoms with van der Waals surface area (Å²) in [5.41, 5.74) is 2.69. The van der Waals surface area contributed by atoms with Crippen molar-refractivity contribution in [2.24, 2.45) is 0 Å². The second kappa shape index (κ2) is 5.36. The van der Waals surface area contributed by atoms with Crippen LogP contribution in [0.2, 0.25) is 0 Å². The molecule has 0 saturated carbocycles. The van der Waals surface area contributed by atoms with Crippen LogP contribution in [-0.4, -0.2) is 19.9 Å². The molecule has 0 spiro atoms. The number of nitrogens with zero attached hydrogens (tertiary/aromatic N) is 2. The number of nitriles is 1. The van der Waals surface area contributed by atoms with E-state index in [0.717, 1.165) is 5.69 Å². The van der Waals surface area contributed by atoms with Crippen molar-refractivity contribution in [1.29, 1.82) is 5.26 Å². The van der Waals surface area contributed by atoms with E-state index in [0.29, 0.717) is 16.7 Å². The lowest BCUT2D eigenvalue weighted by Crippen LogP contribution is -2.14. The summed E-state index contributed by atoms with van der Waals surface area (Å²) < 4.78 is 0. The van der Waals surface area contributed by atoms with Crippen molar-refractivity contribution in [3.63, 3.8) is 0 Å². The molecule has 19 heavy (non-hydrogen) atoms. The molecule has 0 fully saturated rings. The van der Waals surface area contributed by atoms with Gasteiger partial charge in [0.05, 0.1) is 11.6 Å². The first-order valence-electron chi connectivity index (χ1n) is 5.94. The fraction of sp³-hybridized carbons (Fsp3) is 0.125. The molecule has 2 aromatic rings. The molecule has 0 bridgehead atoms. The zero-order valence-electron chi connectivity index (χ0n) is 10.9. The van der Waals surface area contributed by atoms with E-state index in [2.05, 4.69) is 0 Å². The van der Waals surface area contributed by atoms with Gasteiger partial charge in [-0.2, -0.15) is 5.26 Å². The van der Waals surface area contributed by atoms with Crippen LogP contribution in [0, 0.1) is 11.3 Å². The molecule has 0 amide bonds. The largest absolute Gasteiger partial charge is 0.377 e. The van der Waals surface area contributed by atoms with Gasteiger partial charge >= 0.3 is 0 Å². The van der Waals surface area contributed by atoms with Gasteiger partial charge in [-0.1, -0.05) is 12.1 Å². The molecule has 2 rings (SSSR count). The molecule has 3 nitrogen and oxygen atoms in total. The lowest BCUT2D eigenvalue weighted by atomic mass is 10.0. The molecule has 3 heteroatoms. The predicted molar refractivity (Wildman–Crippen MR) is 75.4 cm³/mol. The molecule has 0 heterocycles. The van der Waals surface area contributed by atoms with Crippen LogP contribution in [0.1, 0.15) is 21.5 Å². The maximum atomic E-state index is 12.5. The molecule has 0 aliphatic rings. The summed E-state index contributed by atoms with van der Waals surface area (Å²) in [5, 5.41) is 8.76. The van der Waals surface area contributed by atoms with Crippen LogP contribution in [0.15, 0.2) is 48.5 Å². The number of hydrogen-bond acceptors (Lipinski definition) is 3. The van der Waals surface area contributed by atoms with E-state index in [-0.39, 0.29) is 5.78 Å². The minimum Gasteiger partial charge on any atom is -0.377 e. The molecule has 0 aliphatic heterocycles. The highest BCUT2D eigenvalue weighted by molar-refractivity contribution is 6.12. The Morgan fingerprint density at radius 2 is 1.68 bits per heavy atom. The zero-order chi connectivity index (χ0) is 13.8. The van der Waals surface area contributed by atoms with Crippen LogP contribution < -0.4 is 4.90 Å². The molecular weight excluding hydrogens is 236 g/mol. The number of para-hydroxylation sites is 1. The topological polar surface area (TPSA) is 44.1 Å². The average Bonchev–Trinajstić information content (AvgIpc) is 2.46. The SMILES string of the molecule is CN(C)c1ccccc1C(=O)c1ccc(C#N)cc1. The summed E-state index contributed by atoms with van der Waals surface area (Å²) >= 11 is 0. The van der Waals surface area contributed by atoms with Gasteiger partial charge in [-0.25, -0.2) is 0 Å². The lowest BCUT2D eigenvalue weighted by molar-refractivity contribution is 0.103. The highest BCUT2D eigenvalue weighted by Gasteiger charge is 2.14. The third-order valence-corrected chi connectivity index (χ3v) is 2.91. The third-order valence-electron chi connectivity index (χ3n) is 2.91. The Bertz CT molecular complexity index is 637. The maximum Gasteiger partial charge on any atom is 0.195 e. The van der Waals surface area contributed by atoms with Gasteiger partial charge in [0.15, 0.2) is 5.78 Å². The van der Waals surface area contributed by atoms with E-state index < -0.39 is 0 Å². The molecular formula is C16H14N2O. The fourth-order valence-electron chi connectivity index (χ4n) is 1.91. The summed E-state index contributed by atoms with van der Waals surface area (Å²) in [5.74, 6) is -0.0335. The van der Waals surface area contributed by atoms with Crippen LogP contribution in [0.25, 0.3) is 0 Å². The standard InChI is InChI=1S/C16H14N2O/c1-18(2)15-6-4-3-5-14(15)16(19)13-9-7-12(11-17)8-10-13/h3-10H,1-2H3. The van der Waals surface area contributed by atoms with Gasteiger partial charge in [-0.05, 0) is 36.4 Å². The van der Waals surface area contributed by atoms with Crippen molar-refractivity contribution in [2.45, 2.75) is 0 Å².